The Balaban J connectivity index is 1.02. The summed E-state index contributed by atoms with van der Waals surface area (Å²) in [6.07, 6.45) is 1.86. The molecular weight excluding hydrogens is 729 g/mol. The monoisotopic (exact) mass is 764 g/mol. The van der Waals surface area contributed by atoms with Gasteiger partial charge in [0.05, 0.1) is 39.0 Å². The smallest absolute Gasteiger partial charge is 0.160 e. The van der Waals surface area contributed by atoms with Gasteiger partial charge in [-0.05, 0) is 52.1 Å². The quantitative estimate of drug-likeness (QED) is 0.169. The zero-order chi connectivity index (χ0) is 39.6. The molecule has 0 radical (unpaired) electrons. The molecule has 0 bridgehead atoms. The molecule has 1 aliphatic heterocycles. The molecule has 1 atom stereocenters. The van der Waals surface area contributed by atoms with Crippen molar-refractivity contribution in [2.75, 3.05) is 0 Å². The van der Waals surface area contributed by atoms with Gasteiger partial charge in [-0.2, -0.15) is 0 Å². The summed E-state index contributed by atoms with van der Waals surface area (Å²) in [5.74, 6) is 0.681. The number of hydrogen-bond donors (Lipinski definition) is 0. The van der Waals surface area contributed by atoms with Gasteiger partial charge in [0.15, 0.2) is 5.82 Å². The van der Waals surface area contributed by atoms with Gasteiger partial charge in [-0.3, -0.25) is 4.98 Å². The standard InChI is InChI=1S/C56H36N4/c1-3-14-38(15-4-1)49-36-50(39-29-27-37(28-30-39)44-21-11-16-40-17-13-35-57-53(40)44)59-55(58-49)41-31-33-43(34-32-41)56(42-18-5-2-6-19-42)47-23-8-10-26-52(47)60-51-25-9-7-20-45(51)46-22-12-24-48(56)54(46)60/h1-36H. The maximum absolute atomic E-state index is 5.26. The molecule has 0 spiro atoms. The van der Waals surface area contributed by atoms with Gasteiger partial charge in [0, 0.05) is 44.6 Å². The highest BCUT2D eigenvalue weighted by Gasteiger charge is 2.45. The molecular formula is C56H36N4. The second-order valence-corrected chi connectivity index (χ2v) is 15.6. The number of fused-ring (bicyclic) bond motifs is 6. The van der Waals surface area contributed by atoms with Crippen molar-refractivity contribution in [3.8, 4) is 50.7 Å². The molecule has 280 valence electrons. The van der Waals surface area contributed by atoms with E-state index in [0.29, 0.717) is 5.82 Å². The molecule has 12 rings (SSSR count). The van der Waals surface area contributed by atoms with Crippen LogP contribution in [0.4, 0.5) is 0 Å². The fourth-order valence-corrected chi connectivity index (χ4v) is 9.69. The summed E-state index contributed by atoms with van der Waals surface area (Å²) in [6.45, 7) is 0. The molecule has 0 amide bonds. The zero-order valence-corrected chi connectivity index (χ0v) is 32.6. The highest BCUT2D eigenvalue weighted by Crippen LogP contribution is 2.54. The van der Waals surface area contributed by atoms with Crippen LogP contribution in [0.2, 0.25) is 0 Å². The van der Waals surface area contributed by atoms with E-state index in [1.54, 1.807) is 0 Å². The summed E-state index contributed by atoms with van der Waals surface area (Å²) in [5, 5.41) is 3.64. The molecule has 4 heterocycles. The lowest BCUT2D eigenvalue weighted by molar-refractivity contribution is 0.728. The van der Waals surface area contributed by atoms with E-state index in [2.05, 4.69) is 205 Å². The Labute approximate surface area is 347 Å². The molecule has 8 aromatic carbocycles. The van der Waals surface area contributed by atoms with E-state index in [9.17, 15) is 0 Å². The molecule has 4 heteroatoms. The van der Waals surface area contributed by atoms with Crippen LogP contribution in [0.5, 0.6) is 0 Å². The predicted octanol–water partition coefficient (Wildman–Crippen LogP) is 13.5. The van der Waals surface area contributed by atoms with Crippen molar-refractivity contribution in [2.45, 2.75) is 5.41 Å². The topological polar surface area (TPSA) is 43.6 Å². The normalized spacial score (nSPS) is 14.4. The van der Waals surface area contributed by atoms with E-state index in [0.717, 1.165) is 50.1 Å². The maximum Gasteiger partial charge on any atom is 0.160 e. The predicted molar refractivity (Wildman–Crippen MR) is 245 cm³/mol. The Morgan fingerprint density at radius 2 is 1.02 bits per heavy atom. The Morgan fingerprint density at radius 1 is 0.417 bits per heavy atom. The van der Waals surface area contributed by atoms with Crippen LogP contribution in [0.25, 0.3) is 83.4 Å². The third-order valence-electron chi connectivity index (χ3n) is 12.4. The summed E-state index contributed by atoms with van der Waals surface area (Å²) in [7, 11) is 0. The van der Waals surface area contributed by atoms with E-state index in [1.165, 1.54) is 49.7 Å². The van der Waals surface area contributed by atoms with Crippen molar-refractivity contribution >= 4 is 32.7 Å². The van der Waals surface area contributed by atoms with Crippen LogP contribution in [0.15, 0.2) is 219 Å². The molecule has 1 unspecified atom stereocenters. The van der Waals surface area contributed by atoms with Crippen LogP contribution in [0.3, 0.4) is 0 Å². The van der Waals surface area contributed by atoms with Gasteiger partial charge in [-0.1, -0.05) is 188 Å². The van der Waals surface area contributed by atoms with E-state index in [1.807, 2.05) is 18.3 Å². The van der Waals surface area contributed by atoms with Gasteiger partial charge in [-0.25, -0.2) is 9.97 Å². The third kappa shape index (κ3) is 5.14. The first-order valence-corrected chi connectivity index (χ1v) is 20.4. The molecule has 0 fully saturated rings. The summed E-state index contributed by atoms with van der Waals surface area (Å²) in [4.78, 5) is 15.2. The number of benzene rings is 8. The van der Waals surface area contributed by atoms with Crippen molar-refractivity contribution in [1.82, 2.24) is 19.5 Å². The van der Waals surface area contributed by atoms with E-state index in [-0.39, 0.29) is 0 Å². The molecule has 0 aliphatic carbocycles. The van der Waals surface area contributed by atoms with Crippen LogP contribution >= 0.6 is 0 Å². The number of para-hydroxylation sites is 4. The second kappa shape index (κ2) is 13.6. The van der Waals surface area contributed by atoms with Crippen LogP contribution in [0, 0.1) is 0 Å². The number of aromatic nitrogens is 4. The Bertz CT molecular complexity index is 3400. The fraction of sp³-hybridized carbons (Fsp3) is 0.0179. The summed E-state index contributed by atoms with van der Waals surface area (Å²) >= 11 is 0. The van der Waals surface area contributed by atoms with Gasteiger partial charge < -0.3 is 4.57 Å². The fourth-order valence-electron chi connectivity index (χ4n) is 9.69. The summed E-state index contributed by atoms with van der Waals surface area (Å²) in [6, 6.07) is 76.1. The second-order valence-electron chi connectivity index (χ2n) is 15.6. The highest BCUT2D eigenvalue weighted by atomic mass is 15.0. The van der Waals surface area contributed by atoms with Crippen LogP contribution < -0.4 is 0 Å². The molecule has 60 heavy (non-hydrogen) atoms. The van der Waals surface area contributed by atoms with Gasteiger partial charge in [0.1, 0.15) is 0 Å². The minimum Gasteiger partial charge on any atom is -0.309 e. The lowest BCUT2D eigenvalue weighted by Crippen LogP contribution is -2.35. The number of hydrogen-bond acceptors (Lipinski definition) is 3. The van der Waals surface area contributed by atoms with Crippen LogP contribution in [0.1, 0.15) is 22.3 Å². The van der Waals surface area contributed by atoms with E-state index in [4.69, 9.17) is 15.0 Å². The number of pyridine rings is 1. The van der Waals surface area contributed by atoms with Gasteiger partial charge >= 0.3 is 0 Å². The maximum atomic E-state index is 5.26. The van der Waals surface area contributed by atoms with Crippen molar-refractivity contribution in [2.24, 2.45) is 0 Å². The average Bonchev–Trinajstić information content (AvgIpc) is 3.67. The first kappa shape index (κ1) is 34.1. The molecule has 0 N–H and O–H groups in total. The first-order chi connectivity index (χ1) is 29.8. The molecule has 0 saturated carbocycles. The Morgan fingerprint density at radius 3 is 1.83 bits per heavy atom. The lowest BCUT2D eigenvalue weighted by atomic mass is 9.63. The van der Waals surface area contributed by atoms with Crippen molar-refractivity contribution in [3.63, 3.8) is 0 Å². The third-order valence-corrected chi connectivity index (χ3v) is 12.4. The Hall–Kier alpha value is -7.95. The van der Waals surface area contributed by atoms with Gasteiger partial charge in [0.25, 0.3) is 0 Å². The van der Waals surface area contributed by atoms with Gasteiger partial charge in [0.2, 0.25) is 0 Å². The SMILES string of the molecule is c1ccc(-c2cc(-c3ccc(-c4cccc5cccnc45)cc3)nc(-c3ccc(C4(c5ccccc5)c5ccccc5-n5c6ccccc6c6cccc4c65)cc3)n2)cc1. The minimum absolute atomic E-state index is 0.584. The largest absolute Gasteiger partial charge is 0.309 e. The van der Waals surface area contributed by atoms with Crippen molar-refractivity contribution in [3.05, 3.63) is 241 Å². The zero-order valence-electron chi connectivity index (χ0n) is 32.6. The minimum atomic E-state index is -0.584. The molecule has 3 aromatic heterocycles. The van der Waals surface area contributed by atoms with Gasteiger partial charge in [-0.15, -0.1) is 0 Å². The average molecular weight is 765 g/mol. The molecule has 4 nitrogen and oxygen atoms in total. The van der Waals surface area contributed by atoms with Crippen LogP contribution in [-0.4, -0.2) is 19.5 Å². The molecule has 11 aromatic rings. The van der Waals surface area contributed by atoms with Crippen LogP contribution in [-0.2, 0) is 5.41 Å². The van der Waals surface area contributed by atoms with Crippen molar-refractivity contribution < 1.29 is 0 Å². The van der Waals surface area contributed by atoms with E-state index >= 15 is 0 Å². The molecule has 1 aliphatic rings. The van der Waals surface area contributed by atoms with Crippen molar-refractivity contribution in [1.29, 1.82) is 0 Å². The summed E-state index contributed by atoms with van der Waals surface area (Å²) < 4.78 is 2.47. The number of rotatable bonds is 6. The number of nitrogens with zero attached hydrogens (tertiary/aromatic N) is 4. The Kier molecular flexibility index (Phi) is 7.72. The lowest BCUT2D eigenvalue weighted by Gasteiger charge is -2.41. The summed E-state index contributed by atoms with van der Waals surface area (Å²) in [5.41, 5.74) is 16.0. The molecule has 0 saturated heterocycles. The first-order valence-electron chi connectivity index (χ1n) is 20.4. The highest BCUT2D eigenvalue weighted by molar-refractivity contribution is 6.12. The van der Waals surface area contributed by atoms with E-state index < -0.39 is 5.41 Å².